The van der Waals surface area contributed by atoms with E-state index in [1.54, 1.807) is 0 Å². The van der Waals surface area contributed by atoms with Crippen LogP contribution in [0.2, 0.25) is 0 Å². The molecule has 0 spiro atoms. The molecule has 35 heavy (non-hydrogen) atoms. The Morgan fingerprint density at radius 2 is 1.86 bits per heavy atom. The molecule has 1 aromatic carbocycles. The molecule has 12 nitrogen and oxygen atoms in total. The van der Waals surface area contributed by atoms with E-state index in [1.807, 2.05) is 0 Å². The van der Waals surface area contributed by atoms with Crippen molar-refractivity contribution in [3.63, 3.8) is 0 Å². The third kappa shape index (κ3) is 6.66. The smallest absolute Gasteiger partial charge is 0.421 e. The van der Waals surface area contributed by atoms with Crippen LogP contribution in [0.1, 0.15) is 21.6 Å². The summed E-state index contributed by atoms with van der Waals surface area (Å²) in [5, 5.41) is 14.3. The molecule has 2 aromatic heterocycles. The van der Waals surface area contributed by atoms with E-state index in [4.69, 9.17) is 9.84 Å². The molecule has 0 saturated carbocycles. The van der Waals surface area contributed by atoms with Crippen LogP contribution in [0.25, 0.3) is 0 Å². The Balaban J connectivity index is 1.92. The molecule has 0 amide bonds. The zero-order valence-corrected chi connectivity index (χ0v) is 18.9. The highest BCUT2D eigenvalue weighted by Gasteiger charge is 2.35. The Morgan fingerprint density at radius 1 is 1.14 bits per heavy atom. The van der Waals surface area contributed by atoms with Gasteiger partial charge < -0.3 is 20.5 Å². The van der Waals surface area contributed by atoms with Crippen LogP contribution in [0.15, 0.2) is 36.8 Å². The number of nitrogens with one attached hydrogen (secondary N) is 3. The zero-order chi connectivity index (χ0) is 25.8. The number of benzene rings is 1. The summed E-state index contributed by atoms with van der Waals surface area (Å²) in [6.07, 6.45) is -0.899. The van der Waals surface area contributed by atoms with E-state index in [9.17, 15) is 26.4 Å². The SMILES string of the molecule is COc1cc(C(=O)O)ccc1Nc1ncc(C(F)(F)F)c(NCc2nccnc2NS(C)(=O)=O)n1. The van der Waals surface area contributed by atoms with Crippen molar-refractivity contribution in [2.24, 2.45) is 0 Å². The van der Waals surface area contributed by atoms with Gasteiger partial charge in [-0.05, 0) is 18.2 Å². The topological polar surface area (TPSA) is 168 Å². The van der Waals surface area contributed by atoms with Crippen LogP contribution in [-0.4, -0.2) is 52.8 Å². The number of alkyl halides is 3. The van der Waals surface area contributed by atoms with Gasteiger partial charge in [-0.25, -0.2) is 23.2 Å². The van der Waals surface area contributed by atoms with Gasteiger partial charge in [-0.2, -0.15) is 18.2 Å². The molecule has 3 aromatic rings. The second-order valence-corrected chi connectivity index (χ2v) is 8.63. The quantitative estimate of drug-likeness (QED) is 0.332. The van der Waals surface area contributed by atoms with Gasteiger partial charge in [-0.1, -0.05) is 0 Å². The number of methoxy groups -OCH3 is 1. The first-order valence-corrected chi connectivity index (χ1v) is 11.4. The molecule has 0 aliphatic carbocycles. The summed E-state index contributed by atoms with van der Waals surface area (Å²) in [5.74, 6) is -2.13. The third-order valence-corrected chi connectivity index (χ3v) is 4.83. The van der Waals surface area contributed by atoms with Crippen molar-refractivity contribution in [3.8, 4) is 5.75 Å². The summed E-state index contributed by atoms with van der Waals surface area (Å²) in [6, 6.07) is 3.83. The van der Waals surface area contributed by atoms with Crippen molar-refractivity contribution in [1.82, 2.24) is 19.9 Å². The number of hydrogen-bond acceptors (Lipinski definition) is 10. The number of sulfonamides is 1. The van der Waals surface area contributed by atoms with Crippen molar-refractivity contribution in [2.45, 2.75) is 12.7 Å². The van der Waals surface area contributed by atoms with Gasteiger partial charge in [0.1, 0.15) is 22.8 Å². The van der Waals surface area contributed by atoms with E-state index in [2.05, 4.69) is 35.3 Å². The fourth-order valence-electron chi connectivity index (χ4n) is 2.76. The van der Waals surface area contributed by atoms with Crippen LogP contribution in [-0.2, 0) is 22.7 Å². The first kappa shape index (κ1) is 25.4. The Hall–Kier alpha value is -4.21. The fraction of sp³-hybridized carbons (Fsp3) is 0.211. The number of carboxylic acid groups (broad SMARTS) is 1. The summed E-state index contributed by atoms with van der Waals surface area (Å²) >= 11 is 0. The molecule has 0 atom stereocenters. The van der Waals surface area contributed by atoms with Gasteiger partial charge in [0.15, 0.2) is 5.82 Å². The lowest BCUT2D eigenvalue weighted by Gasteiger charge is -2.16. The van der Waals surface area contributed by atoms with Crippen LogP contribution in [0, 0.1) is 0 Å². The number of ether oxygens (including phenoxy) is 1. The lowest BCUT2D eigenvalue weighted by molar-refractivity contribution is -0.137. The molecule has 2 heterocycles. The van der Waals surface area contributed by atoms with Gasteiger partial charge in [0, 0.05) is 18.6 Å². The predicted molar refractivity (Wildman–Crippen MR) is 118 cm³/mol. The van der Waals surface area contributed by atoms with Gasteiger partial charge in [-0.3, -0.25) is 9.71 Å². The van der Waals surface area contributed by atoms with Crippen molar-refractivity contribution in [3.05, 3.63) is 53.6 Å². The molecule has 0 radical (unpaired) electrons. The third-order valence-electron chi connectivity index (χ3n) is 4.27. The molecular weight excluding hydrogens is 495 g/mol. The molecule has 16 heteroatoms. The lowest BCUT2D eigenvalue weighted by atomic mass is 10.2. The zero-order valence-electron chi connectivity index (χ0n) is 18.1. The van der Waals surface area contributed by atoms with Crippen LogP contribution in [0.5, 0.6) is 5.75 Å². The second-order valence-electron chi connectivity index (χ2n) is 6.88. The Bertz CT molecular complexity index is 1350. The van der Waals surface area contributed by atoms with Crippen molar-refractivity contribution >= 4 is 39.3 Å². The van der Waals surface area contributed by atoms with Gasteiger partial charge in [0.25, 0.3) is 0 Å². The van der Waals surface area contributed by atoms with Gasteiger partial charge in [-0.15, -0.1) is 0 Å². The average molecular weight is 513 g/mol. The standard InChI is InChI=1S/C19H18F3N7O5S/c1-34-14-7-10(17(30)31)3-4-12(14)27-18-26-8-11(19(20,21)22)15(28-18)25-9-13-16(24-6-5-23-13)29-35(2,32)33/h3-8H,9H2,1-2H3,(H,24,29)(H,30,31)(H2,25,26,27,28). The van der Waals surface area contributed by atoms with E-state index in [1.165, 1.54) is 37.7 Å². The minimum Gasteiger partial charge on any atom is -0.495 e. The summed E-state index contributed by atoms with van der Waals surface area (Å²) in [7, 11) is -2.43. The summed E-state index contributed by atoms with van der Waals surface area (Å²) in [5.41, 5.74) is -1.02. The van der Waals surface area contributed by atoms with E-state index in [-0.39, 0.29) is 41.0 Å². The number of nitrogens with zero attached hydrogens (tertiary/aromatic N) is 4. The number of anilines is 4. The predicted octanol–water partition coefficient (Wildman–Crippen LogP) is 2.72. The highest BCUT2D eigenvalue weighted by Crippen LogP contribution is 2.35. The van der Waals surface area contributed by atoms with E-state index < -0.39 is 33.6 Å². The monoisotopic (exact) mass is 513 g/mol. The van der Waals surface area contributed by atoms with Crippen LogP contribution in [0.4, 0.5) is 36.4 Å². The van der Waals surface area contributed by atoms with Crippen molar-refractivity contribution < 1.29 is 36.2 Å². The molecule has 0 bridgehead atoms. The largest absolute Gasteiger partial charge is 0.495 e. The number of carboxylic acids is 1. The van der Waals surface area contributed by atoms with E-state index >= 15 is 0 Å². The van der Waals surface area contributed by atoms with Crippen molar-refractivity contribution in [1.29, 1.82) is 0 Å². The molecule has 186 valence electrons. The normalized spacial score (nSPS) is 11.6. The minimum atomic E-state index is -4.81. The second kappa shape index (κ2) is 9.96. The maximum Gasteiger partial charge on any atom is 0.421 e. The minimum absolute atomic E-state index is 0.0186. The molecule has 0 unspecified atom stereocenters. The number of rotatable bonds is 9. The maximum absolute atomic E-state index is 13.5. The number of carbonyl (C=O) groups is 1. The summed E-state index contributed by atoms with van der Waals surface area (Å²) in [4.78, 5) is 26.5. The Kier molecular flexibility index (Phi) is 7.23. The highest BCUT2D eigenvalue weighted by atomic mass is 32.2. The summed E-state index contributed by atoms with van der Waals surface area (Å²) in [6.45, 7) is -0.359. The van der Waals surface area contributed by atoms with E-state index in [0.29, 0.717) is 6.20 Å². The maximum atomic E-state index is 13.5. The fourth-order valence-corrected chi connectivity index (χ4v) is 3.28. The number of aromatic carboxylic acids is 1. The molecule has 0 fully saturated rings. The number of hydrogen-bond donors (Lipinski definition) is 4. The van der Waals surface area contributed by atoms with Gasteiger partial charge >= 0.3 is 12.1 Å². The van der Waals surface area contributed by atoms with Crippen LogP contribution >= 0.6 is 0 Å². The highest BCUT2D eigenvalue weighted by molar-refractivity contribution is 7.92. The number of halogens is 3. The molecular formula is C19H18F3N7O5S. The average Bonchev–Trinajstić information content (AvgIpc) is 2.77. The van der Waals surface area contributed by atoms with Gasteiger partial charge in [0.05, 0.1) is 31.2 Å². The molecule has 0 aliphatic rings. The first-order chi connectivity index (χ1) is 16.4. The van der Waals surface area contributed by atoms with Gasteiger partial charge in [0.2, 0.25) is 16.0 Å². The molecule has 0 saturated heterocycles. The molecule has 3 rings (SSSR count). The lowest BCUT2D eigenvalue weighted by Crippen LogP contribution is -2.17. The van der Waals surface area contributed by atoms with E-state index in [0.717, 1.165) is 6.26 Å². The molecule has 4 N–H and O–H groups in total. The summed E-state index contributed by atoms with van der Waals surface area (Å²) < 4.78 is 70.9. The van der Waals surface area contributed by atoms with Crippen LogP contribution < -0.4 is 20.1 Å². The Labute approximate surface area is 196 Å². The first-order valence-electron chi connectivity index (χ1n) is 9.51. The number of aromatic nitrogens is 4. The molecule has 0 aliphatic heterocycles. The van der Waals surface area contributed by atoms with Crippen molar-refractivity contribution in [2.75, 3.05) is 28.7 Å². The van der Waals surface area contributed by atoms with Crippen LogP contribution in [0.3, 0.4) is 0 Å². The Morgan fingerprint density at radius 3 is 2.49 bits per heavy atom.